The molecule has 2 nitrogen and oxygen atoms in total. The van der Waals surface area contributed by atoms with Crippen molar-refractivity contribution in [1.29, 1.82) is 5.26 Å². The molecule has 0 atom stereocenters. The van der Waals surface area contributed by atoms with Crippen molar-refractivity contribution in [1.82, 2.24) is 0 Å². The number of hydrogen-bond acceptors (Lipinski definition) is 1. The minimum atomic E-state index is 0.689. The van der Waals surface area contributed by atoms with Crippen molar-refractivity contribution in [3.05, 3.63) is 90.3 Å². The van der Waals surface area contributed by atoms with Crippen molar-refractivity contribution in [2.45, 2.75) is 6.54 Å². The first kappa shape index (κ1) is 14.1. The molecule has 0 unspecified atom stereocenters. The molecule has 0 saturated heterocycles. The van der Waals surface area contributed by atoms with Crippen molar-refractivity contribution in [3.8, 4) is 6.07 Å². The molecule has 2 aromatic carbocycles. The highest BCUT2D eigenvalue weighted by atomic mass is 14.9. The van der Waals surface area contributed by atoms with E-state index in [9.17, 15) is 0 Å². The monoisotopic (exact) mass is 283 g/mol. The number of pyridine rings is 1. The van der Waals surface area contributed by atoms with Gasteiger partial charge in [0.1, 0.15) is 0 Å². The normalized spacial score (nSPS) is 9.95. The van der Waals surface area contributed by atoms with E-state index in [1.807, 2.05) is 30.6 Å². The summed E-state index contributed by atoms with van der Waals surface area (Å²) >= 11 is 0. The van der Waals surface area contributed by atoms with Crippen LogP contribution in [-0.4, -0.2) is 7.28 Å². The van der Waals surface area contributed by atoms with Gasteiger partial charge in [0.05, 0.1) is 11.6 Å². The van der Waals surface area contributed by atoms with Gasteiger partial charge in [-0.15, -0.1) is 0 Å². The molecule has 0 spiro atoms. The predicted molar refractivity (Wildman–Crippen MR) is 89.8 cm³/mol. The molecule has 1 heterocycles. The highest BCUT2D eigenvalue weighted by Crippen LogP contribution is 1.97. The Morgan fingerprint density at radius 2 is 1.55 bits per heavy atom. The molecule has 3 aromatic rings. The van der Waals surface area contributed by atoms with Gasteiger partial charge < -0.3 is 0 Å². The Kier molecular flexibility index (Phi) is 4.31. The molecule has 3 rings (SSSR count). The molecule has 0 fully saturated rings. The fraction of sp³-hybridized carbons (Fsp3) is 0.0526. The standard InChI is InChI=1S/C19H16BN2/c21-14-16-10-12-22(13-11-16)15-17-6-4-5-9-19(17)20-18-7-2-1-3-8-18/h1-13,20H,15H2/q+1. The van der Waals surface area contributed by atoms with Crippen LogP contribution in [0.15, 0.2) is 79.1 Å². The molecule has 0 aliphatic heterocycles. The molecule has 104 valence electrons. The Hall–Kier alpha value is -2.86. The number of nitrogens with zero attached hydrogens (tertiary/aromatic N) is 2. The molecule has 22 heavy (non-hydrogen) atoms. The molecule has 0 N–H and O–H groups in total. The third-order valence-corrected chi connectivity index (χ3v) is 3.73. The highest BCUT2D eigenvalue weighted by molar-refractivity contribution is 6.67. The first-order valence-electron chi connectivity index (χ1n) is 7.35. The minimum Gasteiger partial charge on any atom is -0.201 e. The summed E-state index contributed by atoms with van der Waals surface area (Å²) in [7, 11) is 0.938. The Morgan fingerprint density at radius 1 is 0.864 bits per heavy atom. The maximum absolute atomic E-state index is 8.87. The van der Waals surface area contributed by atoms with Crippen LogP contribution in [0.5, 0.6) is 0 Å². The van der Waals surface area contributed by atoms with Crippen molar-refractivity contribution >= 4 is 18.2 Å². The van der Waals surface area contributed by atoms with Crippen LogP contribution < -0.4 is 15.5 Å². The van der Waals surface area contributed by atoms with E-state index in [1.165, 1.54) is 16.5 Å². The Bertz CT molecular complexity index is 790. The van der Waals surface area contributed by atoms with E-state index >= 15 is 0 Å². The summed E-state index contributed by atoms with van der Waals surface area (Å²) in [5.41, 5.74) is 4.65. The first-order chi connectivity index (χ1) is 10.8. The van der Waals surface area contributed by atoms with Gasteiger partial charge in [0.2, 0.25) is 0 Å². The van der Waals surface area contributed by atoms with Crippen LogP contribution in [0.2, 0.25) is 0 Å². The zero-order valence-corrected chi connectivity index (χ0v) is 12.3. The summed E-state index contributed by atoms with van der Waals surface area (Å²) in [6.45, 7) is 0.814. The van der Waals surface area contributed by atoms with Crippen LogP contribution >= 0.6 is 0 Å². The summed E-state index contributed by atoms with van der Waals surface area (Å²) in [6.07, 6.45) is 3.91. The van der Waals surface area contributed by atoms with Crippen LogP contribution in [0.25, 0.3) is 0 Å². The molecule has 0 bridgehead atoms. The van der Waals surface area contributed by atoms with Gasteiger partial charge in [0, 0.05) is 17.7 Å². The van der Waals surface area contributed by atoms with Gasteiger partial charge in [0.25, 0.3) is 0 Å². The quantitative estimate of drug-likeness (QED) is 0.523. The second kappa shape index (κ2) is 6.73. The zero-order valence-electron chi connectivity index (χ0n) is 12.3. The SMILES string of the molecule is N#Cc1cc[n+](Cc2ccccc2Bc2ccccc2)cc1. The van der Waals surface area contributed by atoms with Crippen molar-refractivity contribution in [2.24, 2.45) is 0 Å². The van der Waals surface area contributed by atoms with E-state index in [4.69, 9.17) is 5.26 Å². The van der Waals surface area contributed by atoms with Gasteiger partial charge in [-0.05, 0) is 0 Å². The van der Waals surface area contributed by atoms with Gasteiger partial charge in [-0.25, -0.2) is 4.57 Å². The summed E-state index contributed by atoms with van der Waals surface area (Å²) in [6, 6.07) is 24.9. The number of aromatic nitrogens is 1. The van der Waals surface area contributed by atoms with Crippen LogP contribution in [0.3, 0.4) is 0 Å². The summed E-state index contributed by atoms with van der Waals surface area (Å²) < 4.78 is 2.10. The van der Waals surface area contributed by atoms with Gasteiger partial charge in [-0.3, -0.25) is 0 Å². The Labute approximate surface area is 131 Å². The summed E-state index contributed by atoms with van der Waals surface area (Å²) in [5.74, 6) is 0. The third-order valence-electron chi connectivity index (χ3n) is 3.73. The Balaban J connectivity index is 1.83. The minimum absolute atomic E-state index is 0.689. The van der Waals surface area contributed by atoms with E-state index in [-0.39, 0.29) is 0 Å². The van der Waals surface area contributed by atoms with Crippen LogP contribution in [0, 0.1) is 11.3 Å². The summed E-state index contributed by atoms with van der Waals surface area (Å²) in [4.78, 5) is 0. The maximum atomic E-state index is 8.87. The van der Waals surface area contributed by atoms with E-state index < -0.39 is 0 Å². The number of benzene rings is 2. The van der Waals surface area contributed by atoms with Crippen LogP contribution in [-0.2, 0) is 6.54 Å². The van der Waals surface area contributed by atoms with Gasteiger partial charge >= 0.3 is 0 Å². The second-order valence-corrected chi connectivity index (χ2v) is 5.30. The molecule has 0 aliphatic rings. The molecule has 0 aliphatic carbocycles. The molecule has 0 amide bonds. The third kappa shape index (κ3) is 3.42. The lowest BCUT2D eigenvalue weighted by atomic mass is 9.62. The molecule has 0 radical (unpaired) electrons. The van der Waals surface area contributed by atoms with E-state index in [0.29, 0.717) is 5.56 Å². The fourth-order valence-corrected chi connectivity index (χ4v) is 2.53. The van der Waals surface area contributed by atoms with E-state index in [2.05, 4.69) is 59.2 Å². The Morgan fingerprint density at radius 3 is 2.27 bits per heavy atom. The number of nitriles is 1. The van der Waals surface area contributed by atoms with E-state index in [1.54, 1.807) is 0 Å². The molecule has 1 aromatic heterocycles. The van der Waals surface area contributed by atoms with Crippen molar-refractivity contribution in [2.75, 3.05) is 0 Å². The largest absolute Gasteiger partial charge is 0.201 e. The number of rotatable bonds is 4. The lowest BCUT2D eigenvalue weighted by molar-refractivity contribution is -0.688. The lowest BCUT2D eigenvalue weighted by Gasteiger charge is -2.06. The van der Waals surface area contributed by atoms with Gasteiger partial charge in [-0.2, -0.15) is 5.26 Å². The van der Waals surface area contributed by atoms with Gasteiger partial charge in [-0.1, -0.05) is 65.5 Å². The highest BCUT2D eigenvalue weighted by Gasteiger charge is 2.09. The lowest BCUT2D eigenvalue weighted by Crippen LogP contribution is -2.38. The topological polar surface area (TPSA) is 27.7 Å². The summed E-state index contributed by atoms with van der Waals surface area (Å²) in [5, 5.41) is 8.87. The molecule has 3 heteroatoms. The average Bonchev–Trinajstić information content (AvgIpc) is 2.58. The van der Waals surface area contributed by atoms with Crippen molar-refractivity contribution in [3.63, 3.8) is 0 Å². The zero-order chi connectivity index (χ0) is 15.2. The second-order valence-electron chi connectivity index (χ2n) is 5.30. The van der Waals surface area contributed by atoms with Crippen LogP contribution in [0.4, 0.5) is 0 Å². The molecular weight excluding hydrogens is 267 g/mol. The number of hydrogen-bond donors (Lipinski definition) is 0. The molecular formula is C19H16BN2+. The average molecular weight is 283 g/mol. The predicted octanol–water partition coefficient (Wildman–Crippen LogP) is 1.28. The first-order valence-corrected chi connectivity index (χ1v) is 7.35. The van der Waals surface area contributed by atoms with Gasteiger partial charge in [0.15, 0.2) is 26.2 Å². The maximum Gasteiger partial charge on any atom is 0.192 e. The smallest absolute Gasteiger partial charge is 0.192 e. The van der Waals surface area contributed by atoms with Crippen LogP contribution in [0.1, 0.15) is 11.1 Å². The fourth-order valence-electron chi connectivity index (χ4n) is 2.53. The van der Waals surface area contributed by atoms with Crippen molar-refractivity contribution < 1.29 is 4.57 Å². The molecule has 0 saturated carbocycles. The van der Waals surface area contributed by atoms with E-state index in [0.717, 1.165) is 13.8 Å².